The highest BCUT2D eigenvalue weighted by Gasteiger charge is 2.09. The molecule has 0 heterocycles. The summed E-state index contributed by atoms with van der Waals surface area (Å²) in [6, 6.07) is 13.9. The lowest BCUT2D eigenvalue weighted by atomic mass is 10.2. The molecular formula is C21H25N3O3S. The second-order valence-corrected chi connectivity index (χ2v) is 6.63. The van der Waals surface area contributed by atoms with E-state index >= 15 is 0 Å². The Morgan fingerprint density at radius 2 is 1.68 bits per heavy atom. The van der Waals surface area contributed by atoms with Crippen LogP contribution in [0.25, 0.3) is 0 Å². The quantitative estimate of drug-likeness (QED) is 0.454. The fraction of sp³-hybridized carbons (Fsp3) is 0.286. The summed E-state index contributed by atoms with van der Waals surface area (Å²) in [5.74, 6) is 0.279. The number of rotatable bonds is 8. The lowest BCUT2D eigenvalue weighted by molar-refractivity contribution is -0.116. The zero-order valence-electron chi connectivity index (χ0n) is 16.1. The van der Waals surface area contributed by atoms with Gasteiger partial charge in [0, 0.05) is 23.4 Å². The zero-order valence-corrected chi connectivity index (χ0v) is 16.9. The number of benzene rings is 2. The standard InChI is InChI=1S/C21H25N3O3S/c1-3-4-5-9-19(25)22-16-10-12-17(13-11-16)23-21(28)24-20(26)15-7-6-8-18(14-15)27-2/h6-8,10-14H,3-5,9H2,1-2H3,(H,22,25)(H2,23,24,26,28). The van der Waals surface area contributed by atoms with Crippen LogP contribution in [-0.2, 0) is 4.79 Å². The van der Waals surface area contributed by atoms with E-state index in [0.717, 1.165) is 24.9 Å². The second-order valence-electron chi connectivity index (χ2n) is 6.22. The average Bonchev–Trinajstić information content (AvgIpc) is 2.69. The minimum atomic E-state index is -0.327. The number of anilines is 2. The second kappa shape index (κ2) is 11.0. The molecule has 2 aromatic carbocycles. The van der Waals surface area contributed by atoms with Crippen LogP contribution in [0.15, 0.2) is 48.5 Å². The van der Waals surface area contributed by atoms with Crippen LogP contribution in [0, 0.1) is 0 Å². The van der Waals surface area contributed by atoms with E-state index in [9.17, 15) is 9.59 Å². The first-order chi connectivity index (χ1) is 13.5. The van der Waals surface area contributed by atoms with E-state index in [1.807, 2.05) is 0 Å². The van der Waals surface area contributed by atoms with Crippen LogP contribution in [0.2, 0.25) is 0 Å². The summed E-state index contributed by atoms with van der Waals surface area (Å²) in [7, 11) is 1.54. The Morgan fingerprint density at radius 3 is 2.32 bits per heavy atom. The molecule has 0 bridgehead atoms. The van der Waals surface area contributed by atoms with Crippen molar-refractivity contribution in [2.45, 2.75) is 32.6 Å². The van der Waals surface area contributed by atoms with Crippen LogP contribution in [0.4, 0.5) is 11.4 Å². The number of thiocarbonyl (C=S) groups is 1. The van der Waals surface area contributed by atoms with Gasteiger partial charge in [-0.3, -0.25) is 14.9 Å². The molecule has 0 unspecified atom stereocenters. The summed E-state index contributed by atoms with van der Waals surface area (Å²) in [4.78, 5) is 24.1. The Balaban J connectivity index is 1.85. The maximum absolute atomic E-state index is 12.3. The molecule has 7 heteroatoms. The number of nitrogens with one attached hydrogen (secondary N) is 3. The lowest BCUT2D eigenvalue weighted by Gasteiger charge is -2.11. The van der Waals surface area contributed by atoms with Crippen molar-refractivity contribution in [2.75, 3.05) is 17.7 Å². The van der Waals surface area contributed by atoms with Crippen molar-refractivity contribution in [1.82, 2.24) is 5.32 Å². The molecule has 148 valence electrons. The number of carbonyl (C=O) groups excluding carboxylic acids is 2. The van der Waals surface area contributed by atoms with E-state index in [4.69, 9.17) is 17.0 Å². The predicted molar refractivity (Wildman–Crippen MR) is 116 cm³/mol. The van der Waals surface area contributed by atoms with Crippen molar-refractivity contribution in [3.63, 3.8) is 0 Å². The van der Waals surface area contributed by atoms with Gasteiger partial charge in [0.05, 0.1) is 7.11 Å². The van der Waals surface area contributed by atoms with Crippen LogP contribution in [-0.4, -0.2) is 24.0 Å². The van der Waals surface area contributed by atoms with Gasteiger partial charge in [-0.1, -0.05) is 25.8 Å². The molecule has 0 saturated carbocycles. The number of methoxy groups -OCH3 is 1. The molecule has 0 fully saturated rings. The molecule has 0 aliphatic heterocycles. The molecule has 0 saturated heterocycles. The summed E-state index contributed by atoms with van der Waals surface area (Å²) in [6.45, 7) is 2.10. The SMILES string of the molecule is CCCCCC(=O)Nc1ccc(NC(=S)NC(=O)c2cccc(OC)c2)cc1. The van der Waals surface area contributed by atoms with Gasteiger partial charge in [0.25, 0.3) is 5.91 Å². The number of hydrogen-bond acceptors (Lipinski definition) is 4. The highest BCUT2D eigenvalue weighted by atomic mass is 32.1. The summed E-state index contributed by atoms with van der Waals surface area (Å²) < 4.78 is 5.11. The third-order valence-corrected chi connectivity index (χ3v) is 4.20. The third kappa shape index (κ3) is 7.00. The van der Waals surface area contributed by atoms with Crippen LogP contribution in [0.5, 0.6) is 5.75 Å². The van der Waals surface area contributed by atoms with Crippen molar-refractivity contribution in [3.8, 4) is 5.75 Å². The Hall–Kier alpha value is -2.93. The van der Waals surface area contributed by atoms with Gasteiger partial charge in [0.1, 0.15) is 5.75 Å². The molecule has 0 radical (unpaired) electrons. The molecule has 0 aliphatic carbocycles. The molecule has 0 atom stereocenters. The van der Waals surface area contributed by atoms with Gasteiger partial charge in [-0.05, 0) is 61.1 Å². The Bertz CT molecular complexity index is 822. The van der Waals surface area contributed by atoms with E-state index in [2.05, 4.69) is 22.9 Å². The molecule has 2 aromatic rings. The van der Waals surface area contributed by atoms with E-state index in [0.29, 0.717) is 23.4 Å². The Labute approximate surface area is 170 Å². The number of hydrogen-bond donors (Lipinski definition) is 3. The van der Waals surface area contributed by atoms with E-state index < -0.39 is 0 Å². The van der Waals surface area contributed by atoms with E-state index in [1.165, 1.54) is 0 Å². The van der Waals surface area contributed by atoms with Crippen LogP contribution >= 0.6 is 12.2 Å². The van der Waals surface area contributed by atoms with Crippen LogP contribution < -0.4 is 20.7 Å². The summed E-state index contributed by atoms with van der Waals surface area (Å²) in [6.07, 6.45) is 3.55. The smallest absolute Gasteiger partial charge is 0.257 e. The number of amides is 2. The minimum absolute atomic E-state index is 0.00947. The van der Waals surface area contributed by atoms with E-state index in [-0.39, 0.29) is 16.9 Å². The van der Waals surface area contributed by atoms with Gasteiger partial charge >= 0.3 is 0 Å². The fourth-order valence-corrected chi connectivity index (χ4v) is 2.71. The molecular weight excluding hydrogens is 374 g/mol. The van der Waals surface area contributed by atoms with Gasteiger partial charge in [0.15, 0.2) is 5.11 Å². The predicted octanol–water partition coefficient (Wildman–Crippen LogP) is 4.34. The molecule has 2 amide bonds. The topological polar surface area (TPSA) is 79.5 Å². The Kier molecular flexibility index (Phi) is 8.42. The molecule has 2 rings (SSSR count). The lowest BCUT2D eigenvalue weighted by Crippen LogP contribution is -2.34. The van der Waals surface area contributed by atoms with Gasteiger partial charge in [-0.15, -0.1) is 0 Å². The first-order valence-electron chi connectivity index (χ1n) is 9.18. The molecule has 3 N–H and O–H groups in total. The largest absolute Gasteiger partial charge is 0.497 e. The number of unbranched alkanes of at least 4 members (excludes halogenated alkanes) is 2. The fourth-order valence-electron chi connectivity index (χ4n) is 2.50. The van der Waals surface area contributed by atoms with Crippen molar-refractivity contribution in [1.29, 1.82) is 0 Å². The highest BCUT2D eigenvalue weighted by Crippen LogP contribution is 2.15. The maximum Gasteiger partial charge on any atom is 0.257 e. The molecule has 6 nitrogen and oxygen atoms in total. The monoisotopic (exact) mass is 399 g/mol. The normalized spacial score (nSPS) is 10.1. The van der Waals surface area contributed by atoms with Gasteiger partial charge < -0.3 is 15.4 Å². The molecule has 0 spiro atoms. The molecule has 0 aliphatic rings. The van der Waals surface area contributed by atoms with Crippen LogP contribution in [0.3, 0.4) is 0 Å². The molecule has 28 heavy (non-hydrogen) atoms. The zero-order chi connectivity index (χ0) is 20.4. The van der Waals surface area contributed by atoms with Crippen molar-refractivity contribution < 1.29 is 14.3 Å². The summed E-state index contributed by atoms with van der Waals surface area (Å²) in [5, 5.41) is 8.63. The van der Waals surface area contributed by atoms with Gasteiger partial charge in [0.2, 0.25) is 5.91 Å². The first kappa shape index (κ1) is 21.4. The van der Waals surface area contributed by atoms with Crippen LogP contribution in [0.1, 0.15) is 43.0 Å². The highest BCUT2D eigenvalue weighted by molar-refractivity contribution is 7.80. The first-order valence-corrected chi connectivity index (χ1v) is 9.59. The third-order valence-electron chi connectivity index (χ3n) is 3.99. The van der Waals surface area contributed by atoms with Crippen molar-refractivity contribution in [3.05, 3.63) is 54.1 Å². The van der Waals surface area contributed by atoms with E-state index in [1.54, 1.807) is 55.6 Å². The molecule has 0 aromatic heterocycles. The Morgan fingerprint density at radius 1 is 1.00 bits per heavy atom. The average molecular weight is 400 g/mol. The number of ether oxygens (including phenoxy) is 1. The summed E-state index contributed by atoms with van der Waals surface area (Å²) >= 11 is 5.19. The van der Waals surface area contributed by atoms with Crippen molar-refractivity contribution >= 4 is 40.5 Å². The number of carbonyl (C=O) groups is 2. The maximum atomic E-state index is 12.3. The summed E-state index contributed by atoms with van der Waals surface area (Å²) in [5.41, 5.74) is 1.88. The van der Waals surface area contributed by atoms with Gasteiger partial charge in [-0.2, -0.15) is 0 Å². The van der Waals surface area contributed by atoms with Crippen molar-refractivity contribution in [2.24, 2.45) is 0 Å². The van der Waals surface area contributed by atoms with Gasteiger partial charge in [-0.25, -0.2) is 0 Å². The minimum Gasteiger partial charge on any atom is -0.497 e.